The van der Waals surface area contributed by atoms with Gasteiger partial charge in [-0.3, -0.25) is 4.79 Å². The van der Waals surface area contributed by atoms with Gasteiger partial charge in [0.2, 0.25) is 5.91 Å². The van der Waals surface area contributed by atoms with E-state index >= 15 is 0 Å². The van der Waals surface area contributed by atoms with Gasteiger partial charge in [0, 0.05) is 18.3 Å². The normalized spacial score (nSPS) is 10.3. The summed E-state index contributed by atoms with van der Waals surface area (Å²) in [7, 11) is 0. The van der Waals surface area contributed by atoms with Gasteiger partial charge in [-0.15, -0.1) is 0 Å². The Morgan fingerprint density at radius 3 is 2.27 bits per heavy atom. The van der Waals surface area contributed by atoms with Crippen LogP contribution < -0.4 is 20.7 Å². The minimum absolute atomic E-state index is 0.162. The molecule has 0 aliphatic carbocycles. The summed E-state index contributed by atoms with van der Waals surface area (Å²) >= 11 is 0. The second-order valence-electron chi connectivity index (χ2n) is 6.22. The molecule has 2 aromatic carbocycles. The SMILES string of the molecule is CC(=O)Nc1cccc(NC(=O)NCCOc2ccc(C(C)C)cc2)c1. The van der Waals surface area contributed by atoms with Crippen molar-refractivity contribution in [3.05, 3.63) is 54.1 Å². The van der Waals surface area contributed by atoms with E-state index in [4.69, 9.17) is 4.74 Å². The summed E-state index contributed by atoms with van der Waals surface area (Å²) in [5.74, 6) is 1.10. The summed E-state index contributed by atoms with van der Waals surface area (Å²) in [6.07, 6.45) is 0. The second kappa shape index (κ2) is 9.46. The van der Waals surface area contributed by atoms with Gasteiger partial charge in [-0.1, -0.05) is 32.0 Å². The number of urea groups is 1. The third-order valence-electron chi connectivity index (χ3n) is 3.64. The maximum Gasteiger partial charge on any atom is 0.319 e. The quantitative estimate of drug-likeness (QED) is 0.658. The summed E-state index contributed by atoms with van der Waals surface area (Å²) < 4.78 is 5.61. The smallest absolute Gasteiger partial charge is 0.319 e. The first-order valence-electron chi connectivity index (χ1n) is 8.59. The van der Waals surface area contributed by atoms with Crippen LogP contribution in [0.3, 0.4) is 0 Å². The number of ether oxygens (including phenoxy) is 1. The van der Waals surface area contributed by atoms with E-state index in [1.165, 1.54) is 12.5 Å². The Morgan fingerprint density at radius 1 is 1.00 bits per heavy atom. The van der Waals surface area contributed by atoms with Crippen molar-refractivity contribution < 1.29 is 14.3 Å². The fraction of sp³-hybridized carbons (Fsp3) is 0.300. The van der Waals surface area contributed by atoms with Crippen molar-refractivity contribution in [3.63, 3.8) is 0 Å². The van der Waals surface area contributed by atoms with Gasteiger partial charge >= 0.3 is 6.03 Å². The Morgan fingerprint density at radius 2 is 1.65 bits per heavy atom. The van der Waals surface area contributed by atoms with Crippen LogP contribution in [0.25, 0.3) is 0 Å². The van der Waals surface area contributed by atoms with Crippen LogP contribution in [-0.2, 0) is 4.79 Å². The molecular weight excluding hydrogens is 330 g/mol. The number of hydrogen-bond acceptors (Lipinski definition) is 3. The molecule has 6 heteroatoms. The molecule has 0 aliphatic heterocycles. The van der Waals surface area contributed by atoms with Crippen molar-refractivity contribution in [1.82, 2.24) is 5.32 Å². The van der Waals surface area contributed by atoms with Gasteiger partial charge < -0.3 is 20.7 Å². The van der Waals surface area contributed by atoms with Crippen LogP contribution in [0.5, 0.6) is 5.75 Å². The van der Waals surface area contributed by atoms with Crippen LogP contribution in [0.2, 0.25) is 0 Å². The zero-order chi connectivity index (χ0) is 18.9. The van der Waals surface area contributed by atoms with Gasteiger partial charge in [0.1, 0.15) is 12.4 Å². The highest BCUT2D eigenvalue weighted by molar-refractivity contribution is 5.92. The molecule has 0 saturated carbocycles. The predicted octanol–water partition coefficient (Wildman–Crippen LogP) is 3.97. The van der Waals surface area contributed by atoms with Crippen molar-refractivity contribution in [3.8, 4) is 5.75 Å². The van der Waals surface area contributed by atoms with Crippen molar-refractivity contribution in [2.24, 2.45) is 0 Å². The van der Waals surface area contributed by atoms with Crippen LogP contribution in [-0.4, -0.2) is 25.1 Å². The highest BCUT2D eigenvalue weighted by atomic mass is 16.5. The molecule has 6 nitrogen and oxygen atoms in total. The summed E-state index contributed by atoms with van der Waals surface area (Å²) in [6, 6.07) is 14.6. The molecule has 0 spiro atoms. The molecular formula is C20H25N3O3. The number of amides is 3. The molecule has 3 N–H and O–H groups in total. The fourth-order valence-corrected chi connectivity index (χ4v) is 2.34. The number of anilines is 2. The third-order valence-corrected chi connectivity index (χ3v) is 3.64. The standard InChI is InChI=1S/C20H25N3O3/c1-14(2)16-7-9-19(10-8-16)26-12-11-21-20(25)23-18-6-4-5-17(13-18)22-15(3)24/h4-10,13-14H,11-12H2,1-3H3,(H,22,24)(H2,21,23,25). The predicted molar refractivity (Wildman–Crippen MR) is 104 cm³/mol. The van der Waals surface area contributed by atoms with Gasteiger partial charge in [-0.05, 0) is 41.8 Å². The van der Waals surface area contributed by atoms with E-state index in [1.54, 1.807) is 24.3 Å². The van der Waals surface area contributed by atoms with Crippen molar-refractivity contribution >= 4 is 23.3 Å². The second-order valence-corrected chi connectivity index (χ2v) is 6.22. The Labute approximate surface area is 153 Å². The largest absolute Gasteiger partial charge is 0.492 e. The van der Waals surface area contributed by atoms with Crippen LogP contribution in [0, 0.1) is 0 Å². The van der Waals surface area contributed by atoms with E-state index in [-0.39, 0.29) is 11.9 Å². The van der Waals surface area contributed by atoms with Crippen LogP contribution in [0.15, 0.2) is 48.5 Å². The van der Waals surface area contributed by atoms with Crippen molar-refractivity contribution in [2.45, 2.75) is 26.7 Å². The Bertz CT molecular complexity index is 742. The maximum atomic E-state index is 11.9. The van der Waals surface area contributed by atoms with Gasteiger partial charge in [0.15, 0.2) is 0 Å². The Balaban J connectivity index is 1.72. The van der Waals surface area contributed by atoms with E-state index in [9.17, 15) is 9.59 Å². The summed E-state index contributed by atoms with van der Waals surface area (Å²) in [6.45, 7) is 6.47. The lowest BCUT2D eigenvalue weighted by atomic mass is 10.0. The monoisotopic (exact) mass is 355 g/mol. The summed E-state index contributed by atoms with van der Waals surface area (Å²) in [4.78, 5) is 23.0. The number of nitrogens with one attached hydrogen (secondary N) is 3. The van der Waals surface area contributed by atoms with Crippen LogP contribution in [0.4, 0.5) is 16.2 Å². The molecule has 0 radical (unpaired) electrons. The van der Waals surface area contributed by atoms with E-state index in [1.807, 2.05) is 24.3 Å². The van der Waals surface area contributed by atoms with E-state index in [0.717, 1.165) is 5.75 Å². The molecule has 138 valence electrons. The minimum atomic E-state index is -0.330. The molecule has 0 aliphatic rings. The topological polar surface area (TPSA) is 79.5 Å². The number of rotatable bonds is 7. The summed E-state index contributed by atoms with van der Waals surface area (Å²) in [5.41, 5.74) is 2.48. The Hall–Kier alpha value is -3.02. The molecule has 26 heavy (non-hydrogen) atoms. The molecule has 0 aromatic heterocycles. The first-order chi connectivity index (χ1) is 12.4. The lowest BCUT2D eigenvalue weighted by molar-refractivity contribution is -0.114. The van der Waals surface area contributed by atoms with E-state index < -0.39 is 0 Å². The molecule has 2 rings (SSSR count). The number of carbonyl (C=O) groups is 2. The minimum Gasteiger partial charge on any atom is -0.492 e. The van der Waals surface area contributed by atoms with Gasteiger partial charge in [0.05, 0.1) is 6.54 Å². The highest BCUT2D eigenvalue weighted by Crippen LogP contribution is 2.18. The lowest BCUT2D eigenvalue weighted by Crippen LogP contribution is -2.32. The highest BCUT2D eigenvalue weighted by Gasteiger charge is 2.04. The van der Waals surface area contributed by atoms with E-state index in [0.29, 0.717) is 30.4 Å². The Kier molecular flexibility index (Phi) is 7.02. The van der Waals surface area contributed by atoms with Crippen LogP contribution in [0.1, 0.15) is 32.3 Å². The number of carbonyl (C=O) groups excluding carboxylic acids is 2. The zero-order valence-corrected chi connectivity index (χ0v) is 15.3. The fourth-order valence-electron chi connectivity index (χ4n) is 2.34. The van der Waals surface area contributed by atoms with Gasteiger partial charge in [-0.25, -0.2) is 4.79 Å². The molecule has 0 unspecified atom stereocenters. The van der Waals surface area contributed by atoms with Crippen molar-refractivity contribution in [1.29, 1.82) is 0 Å². The molecule has 3 amide bonds. The van der Waals surface area contributed by atoms with Gasteiger partial charge in [0.25, 0.3) is 0 Å². The zero-order valence-electron chi connectivity index (χ0n) is 15.3. The average molecular weight is 355 g/mol. The molecule has 0 saturated heterocycles. The van der Waals surface area contributed by atoms with E-state index in [2.05, 4.69) is 29.8 Å². The van der Waals surface area contributed by atoms with Gasteiger partial charge in [-0.2, -0.15) is 0 Å². The molecule has 0 bridgehead atoms. The molecule has 2 aromatic rings. The first kappa shape index (κ1) is 19.3. The molecule has 0 heterocycles. The molecule has 0 atom stereocenters. The molecule has 0 fully saturated rings. The number of benzene rings is 2. The first-order valence-corrected chi connectivity index (χ1v) is 8.59. The average Bonchev–Trinajstić information content (AvgIpc) is 2.59. The lowest BCUT2D eigenvalue weighted by Gasteiger charge is -2.11. The number of hydrogen-bond donors (Lipinski definition) is 3. The van der Waals surface area contributed by atoms with Crippen LogP contribution >= 0.6 is 0 Å². The summed E-state index contributed by atoms with van der Waals surface area (Å²) in [5, 5.41) is 8.12. The van der Waals surface area contributed by atoms with Crippen molar-refractivity contribution in [2.75, 3.05) is 23.8 Å². The third kappa shape index (κ3) is 6.47. The maximum absolute atomic E-state index is 11.9.